The lowest BCUT2D eigenvalue weighted by molar-refractivity contribution is -0.138. The smallest absolute Gasteiger partial charge is 0.303 e. The van der Waals surface area contributed by atoms with Crippen LogP contribution in [0.3, 0.4) is 0 Å². The Kier molecular flexibility index (Phi) is 5.30. The van der Waals surface area contributed by atoms with Gasteiger partial charge in [0, 0.05) is 6.42 Å². The average Bonchev–Trinajstić information content (AvgIpc) is 2.34. The molecule has 2 aliphatic rings. The summed E-state index contributed by atoms with van der Waals surface area (Å²) in [5.74, 6) is 0.575. The molecule has 1 fully saturated rings. The summed E-state index contributed by atoms with van der Waals surface area (Å²) in [6.07, 6.45) is 7.31. The number of hydrogen-bond donors (Lipinski definition) is 2. The largest absolute Gasteiger partial charge is 0.481 e. The summed E-state index contributed by atoms with van der Waals surface area (Å²) >= 11 is 0. The Hall–Kier alpha value is -0.830. The van der Waals surface area contributed by atoms with E-state index in [0.29, 0.717) is 11.8 Å². The third kappa shape index (κ3) is 3.81. The van der Waals surface area contributed by atoms with E-state index >= 15 is 0 Å². The fourth-order valence-corrected chi connectivity index (χ4v) is 5.71. The molecule has 0 aliphatic heterocycles. The van der Waals surface area contributed by atoms with Crippen LogP contribution in [0.4, 0.5) is 0 Å². The summed E-state index contributed by atoms with van der Waals surface area (Å²) in [5.41, 5.74) is 1.73. The second kappa shape index (κ2) is 6.58. The van der Waals surface area contributed by atoms with E-state index in [0.717, 1.165) is 32.1 Å². The standard InChI is InChI=1S/C20H34O3/c1-13(10-18(22)23)6-8-16-14(2)7-9-17-19(3,4)11-15(21)12-20(16,17)5/h7,13,15-17,21H,6,8-12H2,1-5H3,(H,22,23)/t13-,15+,16+,17-,20-/m1/s1. The fraction of sp³-hybridized carbons (Fsp3) is 0.850. The van der Waals surface area contributed by atoms with Crippen molar-refractivity contribution in [2.75, 3.05) is 0 Å². The van der Waals surface area contributed by atoms with E-state index in [1.807, 2.05) is 6.92 Å². The Morgan fingerprint density at radius 2 is 2.00 bits per heavy atom. The second-order valence-electron chi connectivity index (χ2n) is 9.13. The van der Waals surface area contributed by atoms with Crippen LogP contribution in [0, 0.1) is 28.6 Å². The van der Waals surface area contributed by atoms with Gasteiger partial charge >= 0.3 is 5.97 Å². The fourth-order valence-electron chi connectivity index (χ4n) is 5.71. The van der Waals surface area contributed by atoms with Gasteiger partial charge in [-0.2, -0.15) is 0 Å². The van der Waals surface area contributed by atoms with Crippen molar-refractivity contribution in [2.24, 2.45) is 28.6 Å². The number of allylic oxidation sites excluding steroid dienone is 2. The van der Waals surface area contributed by atoms with E-state index < -0.39 is 5.97 Å². The highest BCUT2D eigenvalue weighted by Gasteiger charge is 2.53. The topological polar surface area (TPSA) is 57.5 Å². The van der Waals surface area contributed by atoms with E-state index in [1.165, 1.54) is 5.57 Å². The van der Waals surface area contributed by atoms with Gasteiger partial charge in [-0.1, -0.05) is 39.3 Å². The molecule has 0 aromatic heterocycles. The number of rotatable bonds is 5. The van der Waals surface area contributed by atoms with Crippen LogP contribution in [0.1, 0.15) is 73.1 Å². The Bertz CT molecular complexity index is 479. The number of aliphatic carboxylic acids is 1. The highest BCUT2D eigenvalue weighted by molar-refractivity contribution is 5.66. The molecule has 0 saturated heterocycles. The van der Waals surface area contributed by atoms with Crippen molar-refractivity contribution >= 4 is 5.97 Å². The molecule has 0 heterocycles. The first-order valence-corrected chi connectivity index (χ1v) is 9.13. The molecule has 2 aliphatic carbocycles. The summed E-state index contributed by atoms with van der Waals surface area (Å²) < 4.78 is 0. The molecule has 2 rings (SSSR count). The number of carbonyl (C=O) groups is 1. The van der Waals surface area contributed by atoms with E-state index in [9.17, 15) is 9.90 Å². The normalized spacial score (nSPS) is 37.7. The third-order valence-corrected chi connectivity index (χ3v) is 6.67. The van der Waals surface area contributed by atoms with E-state index in [4.69, 9.17) is 5.11 Å². The molecule has 0 radical (unpaired) electrons. The van der Waals surface area contributed by atoms with E-state index in [1.54, 1.807) is 0 Å². The molecule has 0 spiro atoms. The quantitative estimate of drug-likeness (QED) is 0.725. The van der Waals surface area contributed by atoms with Gasteiger partial charge < -0.3 is 10.2 Å². The van der Waals surface area contributed by atoms with Crippen molar-refractivity contribution < 1.29 is 15.0 Å². The summed E-state index contributed by atoms with van der Waals surface area (Å²) in [6.45, 7) is 11.2. The Labute approximate surface area is 141 Å². The first kappa shape index (κ1) is 18.5. The number of aliphatic hydroxyl groups excluding tert-OH is 1. The van der Waals surface area contributed by atoms with Crippen LogP contribution in [-0.2, 0) is 4.79 Å². The van der Waals surface area contributed by atoms with Gasteiger partial charge in [0.25, 0.3) is 0 Å². The van der Waals surface area contributed by atoms with Crippen LogP contribution < -0.4 is 0 Å². The number of carboxylic acids is 1. The molecular weight excluding hydrogens is 288 g/mol. The maximum Gasteiger partial charge on any atom is 0.303 e. The highest BCUT2D eigenvalue weighted by atomic mass is 16.4. The summed E-state index contributed by atoms with van der Waals surface area (Å²) in [6, 6.07) is 0. The molecule has 2 N–H and O–H groups in total. The lowest BCUT2D eigenvalue weighted by Gasteiger charge is -2.58. The molecule has 132 valence electrons. The van der Waals surface area contributed by atoms with Gasteiger partial charge in [0.2, 0.25) is 0 Å². The monoisotopic (exact) mass is 322 g/mol. The van der Waals surface area contributed by atoms with Crippen LogP contribution in [0.5, 0.6) is 0 Å². The number of carboxylic acid groups (broad SMARTS) is 1. The first-order chi connectivity index (χ1) is 10.6. The molecule has 5 atom stereocenters. The Morgan fingerprint density at radius 1 is 1.35 bits per heavy atom. The second-order valence-corrected chi connectivity index (χ2v) is 9.13. The molecular formula is C20H34O3. The zero-order valence-electron chi connectivity index (χ0n) is 15.4. The van der Waals surface area contributed by atoms with Crippen LogP contribution in [-0.4, -0.2) is 22.3 Å². The van der Waals surface area contributed by atoms with Gasteiger partial charge in [-0.3, -0.25) is 4.79 Å². The van der Waals surface area contributed by atoms with Crippen LogP contribution in [0.2, 0.25) is 0 Å². The Balaban J connectivity index is 2.18. The molecule has 3 nitrogen and oxygen atoms in total. The average molecular weight is 322 g/mol. The van der Waals surface area contributed by atoms with Crippen molar-refractivity contribution in [3.63, 3.8) is 0 Å². The van der Waals surface area contributed by atoms with Gasteiger partial charge in [0.05, 0.1) is 6.10 Å². The van der Waals surface area contributed by atoms with Gasteiger partial charge in [0.15, 0.2) is 0 Å². The molecule has 0 aromatic carbocycles. The van der Waals surface area contributed by atoms with Crippen LogP contribution in [0.15, 0.2) is 11.6 Å². The summed E-state index contributed by atoms with van der Waals surface area (Å²) in [5, 5.41) is 19.4. The summed E-state index contributed by atoms with van der Waals surface area (Å²) in [7, 11) is 0. The lowest BCUT2D eigenvalue weighted by atomic mass is 9.47. The maximum absolute atomic E-state index is 10.9. The molecule has 0 aromatic rings. The van der Waals surface area contributed by atoms with E-state index in [2.05, 4.69) is 33.8 Å². The minimum atomic E-state index is -0.702. The first-order valence-electron chi connectivity index (χ1n) is 9.13. The molecule has 0 amide bonds. The molecule has 3 heteroatoms. The van der Waals surface area contributed by atoms with Crippen molar-refractivity contribution in [1.29, 1.82) is 0 Å². The minimum absolute atomic E-state index is 0.128. The molecule has 23 heavy (non-hydrogen) atoms. The lowest BCUT2D eigenvalue weighted by Crippen LogP contribution is -2.52. The number of aliphatic hydroxyl groups is 1. The van der Waals surface area contributed by atoms with Crippen LogP contribution >= 0.6 is 0 Å². The van der Waals surface area contributed by atoms with Crippen molar-refractivity contribution in [1.82, 2.24) is 0 Å². The third-order valence-electron chi connectivity index (χ3n) is 6.67. The maximum atomic E-state index is 10.9. The zero-order valence-corrected chi connectivity index (χ0v) is 15.4. The molecule has 0 bridgehead atoms. The summed E-state index contributed by atoms with van der Waals surface area (Å²) in [4.78, 5) is 10.9. The Morgan fingerprint density at radius 3 is 2.61 bits per heavy atom. The van der Waals surface area contributed by atoms with Crippen molar-refractivity contribution in [3.8, 4) is 0 Å². The SMILES string of the molecule is CC1=CC[C@@H]2C(C)(C)C[C@H](O)C[C@]2(C)[C@H]1CC[C@@H](C)CC(=O)O. The van der Waals surface area contributed by atoms with Crippen molar-refractivity contribution in [2.45, 2.75) is 79.2 Å². The zero-order chi connectivity index (χ0) is 17.4. The predicted octanol–water partition coefficient (Wildman–Crippen LogP) is 4.65. The molecule has 0 unspecified atom stereocenters. The molecule has 1 saturated carbocycles. The highest BCUT2D eigenvalue weighted by Crippen LogP contribution is 2.60. The van der Waals surface area contributed by atoms with Gasteiger partial charge in [-0.15, -0.1) is 0 Å². The van der Waals surface area contributed by atoms with Gasteiger partial charge in [-0.25, -0.2) is 0 Å². The minimum Gasteiger partial charge on any atom is -0.481 e. The van der Waals surface area contributed by atoms with Gasteiger partial charge in [-0.05, 0) is 67.6 Å². The number of fused-ring (bicyclic) bond motifs is 1. The van der Waals surface area contributed by atoms with E-state index in [-0.39, 0.29) is 29.3 Å². The van der Waals surface area contributed by atoms with Gasteiger partial charge in [0.1, 0.15) is 0 Å². The predicted molar refractivity (Wildman–Crippen MR) is 93.1 cm³/mol. The number of hydrogen-bond acceptors (Lipinski definition) is 2. The van der Waals surface area contributed by atoms with Crippen molar-refractivity contribution in [3.05, 3.63) is 11.6 Å². The van der Waals surface area contributed by atoms with Crippen LogP contribution in [0.25, 0.3) is 0 Å².